The average Bonchev–Trinajstić information content (AvgIpc) is 2.46. The second-order valence-electron chi connectivity index (χ2n) is 4.70. The van der Waals surface area contributed by atoms with Gasteiger partial charge < -0.3 is 4.74 Å². The number of benzene rings is 1. The van der Waals surface area contributed by atoms with Crippen molar-refractivity contribution >= 4 is 5.97 Å². The van der Waals surface area contributed by atoms with Crippen LogP contribution in [0.1, 0.15) is 35.8 Å². The van der Waals surface area contributed by atoms with E-state index in [0.29, 0.717) is 11.6 Å². The van der Waals surface area contributed by atoms with Gasteiger partial charge in [0.1, 0.15) is 5.69 Å². The van der Waals surface area contributed by atoms with Crippen LogP contribution < -0.4 is 0 Å². The Kier molecular flexibility index (Phi) is 3.95. The van der Waals surface area contributed by atoms with Crippen LogP contribution in [0.3, 0.4) is 0 Å². The van der Waals surface area contributed by atoms with Crippen LogP contribution in [0.2, 0.25) is 0 Å². The lowest BCUT2D eigenvalue weighted by molar-refractivity contribution is 0.0594. The largest absolute Gasteiger partial charge is 0.464 e. The molecule has 3 nitrogen and oxygen atoms in total. The molecule has 2 aromatic rings. The molecule has 0 aliphatic heterocycles. The minimum atomic E-state index is -0.414. The SMILES string of the molecule is COC(=O)c1ccc(-c2cccc(C(C)C)c2)cn1. The van der Waals surface area contributed by atoms with Crippen molar-refractivity contribution in [1.82, 2.24) is 4.98 Å². The van der Waals surface area contributed by atoms with Crippen molar-refractivity contribution < 1.29 is 9.53 Å². The fourth-order valence-electron chi connectivity index (χ4n) is 1.87. The van der Waals surface area contributed by atoms with Crippen LogP contribution >= 0.6 is 0 Å². The molecule has 2 rings (SSSR count). The van der Waals surface area contributed by atoms with Gasteiger partial charge in [-0.1, -0.05) is 44.2 Å². The third-order valence-electron chi connectivity index (χ3n) is 3.04. The van der Waals surface area contributed by atoms with Gasteiger partial charge in [0.25, 0.3) is 0 Å². The number of hydrogen-bond donors (Lipinski definition) is 0. The zero-order chi connectivity index (χ0) is 13.8. The summed E-state index contributed by atoms with van der Waals surface area (Å²) in [7, 11) is 1.35. The highest BCUT2D eigenvalue weighted by atomic mass is 16.5. The van der Waals surface area contributed by atoms with Gasteiger partial charge in [0.2, 0.25) is 0 Å². The second kappa shape index (κ2) is 5.65. The number of ether oxygens (including phenoxy) is 1. The van der Waals surface area contributed by atoms with Gasteiger partial charge in [-0.15, -0.1) is 0 Å². The molecule has 0 saturated heterocycles. The van der Waals surface area contributed by atoms with E-state index in [-0.39, 0.29) is 0 Å². The van der Waals surface area contributed by atoms with Crippen LogP contribution in [0.4, 0.5) is 0 Å². The first-order valence-corrected chi connectivity index (χ1v) is 6.26. The monoisotopic (exact) mass is 255 g/mol. The summed E-state index contributed by atoms with van der Waals surface area (Å²) in [6, 6.07) is 11.9. The Bertz CT molecular complexity index is 574. The van der Waals surface area contributed by atoms with E-state index in [9.17, 15) is 4.79 Å². The lowest BCUT2D eigenvalue weighted by Crippen LogP contribution is -2.03. The van der Waals surface area contributed by atoms with Crippen molar-refractivity contribution in [1.29, 1.82) is 0 Å². The van der Waals surface area contributed by atoms with E-state index >= 15 is 0 Å². The van der Waals surface area contributed by atoms with Crippen molar-refractivity contribution in [2.45, 2.75) is 19.8 Å². The van der Waals surface area contributed by atoms with Gasteiger partial charge in [0.05, 0.1) is 7.11 Å². The molecule has 0 bridgehead atoms. The number of nitrogens with zero attached hydrogens (tertiary/aromatic N) is 1. The summed E-state index contributed by atoms with van der Waals surface area (Å²) in [6.45, 7) is 4.33. The lowest BCUT2D eigenvalue weighted by atomic mass is 9.98. The summed E-state index contributed by atoms with van der Waals surface area (Å²) < 4.78 is 4.63. The van der Waals surface area contributed by atoms with Gasteiger partial charge in [-0.2, -0.15) is 0 Å². The van der Waals surface area contributed by atoms with Crippen molar-refractivity contribution in [2.24, 2.45) is 0 Å². The molecule has 19 heavy (non-hydrogen) atoms. The maximum Gasteiger partial charge on any atom is 0.356 e. The minimum absolute atomic E-state index is 0.325. The third-order valence-corrected chi connectivity index (χ3v) is 3.04. The molecule has 0 N–H and O–H groups in total. The number of esters is 1. The van der Waals surface area contributed by atoms with Crippen LogP contribution in [0.15, 0.2) is 42.6 Å². The molecule has 0 atom stereocenters. The van der Waals surface area contributed by atoms with E-state index in [1.165, 1.54) is 12.7 Å². The van der Waals surface area contributed by atoms with Gasteiger partial charge in [-0.05, 0) is 23.1 Å². The Balaban J connectivity index is 2.32. The minimum Gasteiger partial charge on any atom is -0.464 e. The number of rotatable bonds is 3. The molecule has 98 valence electrons. The Morgan fingerprint density at radius 2 is 1.95 bits per heavy atom. The normalized spacial score (nSPS) is 10.5. The van der Waals surface area contributed by atoms with Crippen LogP contribution in [0.5, 0.6) is 0 Å². The fourth-order valence-corrected chi connectivity index (χ4v) is 1.87. The highest BCUT2D eigenvalue weighted by molar-refractivity contribution is 5.87. The summed E-state index contributed by atoms with van der Waals surface area (Å²) in [5.41, 5.74) is 3.71. The van der Waals surface area contributed by atoms with Gasteiger partial charge in [0.15, 0.2) is 0 Å². The van der Waals surface area contributed by atoms with E-state index in [4.69, 9.17) is 0 Å². The molecule has 3 heteroatoms. The van der Waals surface area contributed by atoms with Crippen LogP contribution in [0.25, 0.3) is 11.1 Å². The molecular weight excluding hydrogens is 238 g/mol. The number of aromatic nitrogens is 1. The first kappa shape index (κ1) is 13.3. The van der Waals surface area contributed by atoms with Crippen LogP contribution in [-0.4, -0.2) is 18.1 Å². The molecule has 1 heterocycles. The number of hydrogen-bond acceptors (Lipinski definition) is 3. The summed E-state index contributed by atoms with van der Waals surface area (Å²) in [6.07, 6.45) is 1.70. The Morgan fingerprint density at radius 3 is 2.53 bits per heavy atom. The molecule has 0 spiro atoms. The highest BCUT2D eigenvalue weighted by Gasteiger charge is 2.07. The van der Waals surface area contributed by atoms with Crippen molar-refractivity contribution in [2.75, 3.05) is 7.11 Å². The van der Waals surface area contributed by atoms with Crippen molar-refractivity contribution in [3.63, 3.8) is 0 Å². The first-order valence-electron chi connectivity index (χ1n) is 6.26. The second-order valence-corrected chi connectivity index (χ2v) is 4.70. The van der Waals surface area contributed by atoms with Gasteiger partial charge in [0, 0.05) is 11.8 Å². The van der Waals surface area contributed by atoms with E-state index in [1.807, 2.05) is 18.2 Å². The van der Waals surface area contributed by atoms with Gasteiger partial charge >= 0.3 is 5.97 Å². The Hall–Kier alpha value is -2.16. The maximum absolute atomic E-state index is 11.3. The molecule has 0 aliphatic carbocycles. The molecular formula is C16H17NO2. The molecule has 0 saturated carbocycles. The van der Waals surface area contributed by atoms with E-state index < -0.39 is 5.97 Å². The quantitative estimate of drug-likeness (QED) is 0.786. The summed E-state index contributed by atoms with van der Waals surface area (Å²) >= 11 is 0. The maximum atomic E-state index is 11.3. The van der Waals surface area contributed by atoms with Crippen LogP contribution in [-0.2, 0) is 4.74 Å². The lowest BCUT2D eigenvalue weighted by Gasteiger charge is -2.08. The standard InChI is InChI=1S/C16H17NO2/c1-11(2)12-5-4-6-13(9-12)14-7-8-15(17-10-14)16(18)19-3/h4-11H,1-3H3. The Morgan fingerprint density at radius 1 is 1.16 bits per heavy atom. The summed E-state index contributed by atoms with van der Waals surface area (Å²) in [4.78, 5) is 15.4. The fraction of sp³-hybridized carbons (Fsp3) is 0.250. The molecule has 1 aromatic heterocycles. The van der Waals surface area contributed by atoms with Gasteiger partial charge in [-0.25, -0.2) is 9.78 Å². The van der Waals surface area contributed by atoms with Crippen LogP contribution in [0, 0.1) is 0 Å². The first-order chi connectivity index (χ1) is 9.11. The summed E-state index contributed by atoms with van der Waals surface area (Å²) in [5, 5.41) is 0. The molecule has 0 aliphatic rings. The van der Waals surface area contributed by atoms with Crippen molar-refractivity contribution in [3.8, 4) is 11.1 Å². The summed E-state index contributed by atoms with van der Waals surface area (Å²) in [5.74, 6) is 0.0738. The highest BCUT2D eigenvalue weighted by Crippen LogP contribution is 2.23. The van der Waals surface area contributed by atoms with E-state index in [0.717, 1.165) is 11.1 Å². The number of pyridine rings is 1. The Labute approximate surface area is 113 Å². The molecule has 0 amide bonds. The third kappa shape index (κ3) is 2.99. The number of methoxy groups -OCH3 is 1. The molecule has 0 fully saturated rings. The van der Waals surface area contributed by atoms with Crippen molar-refractivity contribution in [3.05, 3.63) is 53.9 Å². The number of carbonyl (C=O) groups is 1. The predicted octanol–water partition coefficient (Wildman–Crippen LogP) is 3.66. The average molecular weight is 255 g/mol. The smallest absolute Gasteiger partial charge is 0.356 e. The van der Waals surface area contributed by atoms with Gasteiger partial charge in [-0.3, -0.25) is 0 Å². The molecule has 0 unspecified atom stereocenters. The molecule has 0 radical (unpaired) electrons. The topological polar surface area (TPSA) is 39.2 Å². The van der Waals surface area contributed by atoms with E-state index in [1.54, 1.807) is 12.3 Å². The zero-order valence-electron chi connectivity index (χ0n) is 11.4. The number of carbonyl (C=O) groups excluding carboxylic acids is 1. The molecule has 1 aromatic carbocycles. The predicted molar refractivity (Wildman–Crippen MR) is 75.1 cm³/mol. The zero-order valence-corrected chi connectivity index (χ0v) is 11.4. The van der Waals surface area contributed by atoms with E-state index in [2.05, 4.69) is 35.7 Å².